The number of nitrogens with zero attached hydrogens (tertiary/aromatic N) is 10. The lowest BCUT2D eigenvalue weighted by Gasteiger charge is -1.89. The summed E-state index contributed by atoms with van der Waals surface area (Å²) in [6.07, 6.45) is 7.68. The van der Waals surface area contributed by atoms with Crippen molar-refractivity contribution in [3.8, 4) is 0 Å². The fourth-order valence-electron chi connectivity index (χ4n) is 3.30. The van der Waals surface area contributed by atoms with Gasteiger partial charge in [-0.2, -0.15) is 18.5 Å². The quantitative estimate of drug-likeness (QED) is 0.119. The molecule has 306 valence electrons. The molecule has 8 rings (SSSR count). The molecule has 56 heavy (non-hydrogen) atoms. The van der Waals surface area contributed by atoms with Crippen LogP contribution in [0.1, 0.15) is 58.8 Å². The van der Waals surface area contributed by atoms with Crippen LogP contribution >= 0.6 is 11.5 Å². The third kappa shape index (κ3) is 21.5. The average Bonchev–Trinajstić information content (AvgIpc) is 4.03. The Balaban J connectivity index is 0.000000320. The van der Waals surface area contributed by atoms with E-state index in [2.05, 4.69) is 72.4 Å². The highest BCUT2D eigenvalue weighted by molar-refractivity contribution is 7.79. The van der Waals surface area contributed by atoms with Crippen LogP contribution in [0.2, 0.25) is 0 Å². The molecule has 2 aliphatic heterocycles. The number of imidazole rings is 1. The molecule has 0 bridgehead atoms. The lowest BCUT2D eigenvalue weighted by atomic mass is 10.3. The van der Waals surface area contributed by atoms with Crippen molar-refractivity contribution in [1.82, 2.24) is 64.9 Å². The number of nitrogens with one attached hydrogen (secondary N) is 4. The summed E-state index contributed by atoms with van der Waals surface area (Å²) in [5.74, 6) is 2.49. The first kappa shape index (κ1) is 47.8. The van der Waals surface area contributed by atoms with Gasteiger partial charge in [0, 0.05) is 41.5 Å². The molecule has 0 amide bonds. The minimum atomic E-state index is -1.48. The zero-order valence-corrected chi connectivity index (χ0v) is 34.8. The van der Waals surface area contributed by atoms with Crippen LogP contribution in [0, 0.1) is 55.4 Å². The number of aryl methyl sites for hydroxylation is 9. The summed E-state index contributed by atoms with van der Waals surface area (Å²) in [5.41, 5.74) is 7.64. The van der Waals surface area contributed by atoms with Crippen LogP contribution in [0.15, 0.2) is 74.8 Å². The lowest BCUT2D eigenvalue weighted by Crippen LogP contribution is -2.11. The number of Topliss-reactive ketones (excluding diaryl/α,β-unsaturated/α-hetero) is 1. The van der Waals surface area contributed by atoms with Crippen LogP contribution in [0.4, 0.5) is 0 Å². The van der Waals surface area contributed by atoms with Gasteiger partial charge in [-0.3, -0.25) is 24.5 Å². The monoisotopic (exact) mass is 818 g/mol. The second-order valence-electron chi connectivity index (χ2n) is 11.5. The molecule has 0 fully saturated rings. The Morgan fingerprint density at radius 2 is 1.64 bits per heavy atom. The van der Waals surface area contributed by atoms with E-state index in [0.717, 1.165) is 55.2 Å². The topological polar surface area (TPSA) is 274 Å². The van der Waals surface area contributed by atoms with E-state index in [-0.39, 0.29) is 11.3 Å². The number of carbonyl (C=O) groups is 1. The molecule has 23 heteroatoms. The van der Waals surface area contributed by atoms with E-state index in [1.807, 2.05) is 47.6 Å². The molecular weight excluding hydrogens is 769 g/mol. The largest absolute Gasteiger partial charge is 0.427 e. The molecule has 2 aliphatic rings. The van der Waals surface area contributed by atoms with Gasteiger partial charge in [-0.1, -0.05) is 5.16 Å². The highest BCUT2D eigenvalue weighted by Crippen LogP contribution is 2.05. The normalized spacial score (nSPS) is 13.1. The summed E-state index contributed by atoms with van der Waals surface area (Å²) in [6.45, 7) is 19.1. The van der Waals surface area contributed by atoms with E-state index < -0.39 is 11.3 Å². The van der Waals surface area contributed by atoms with Crippen molar-refractivity contribution in [2.45, 2.75) is 69.2 Å². The molecule has 21 nitrogen and oxygen atoms in total. The maximum atomic E-state index is 10.4. The Kier molecular flexibility index (Phi) is 22.0. The number of carbonyl (C=O) groups excluding carboxylic acids is 1. The van der Waals surface area contributed by atoms with E-state index in [0.29, 0.717) is 12.4 Å². The first-order chi connectivity index (χ1) is 26.4. The van der Waals surface area contributed by atoms with Gasteiger partial charge in [-0.15, -0.1) is 14.3 Å². The fourth-order valence-corrected chi connectivity index (χ4v) is 4.35. The standard InChI is InChI=1S/C5H8N2O.2C5H7NO.C5H7NS.2C4H6N2O.C3H5N3.C2H4N2O2S/c1-4-3-5(8)6-7(4)2;1-4-3-5(2)7-6-4;1-4-2-6-3-5(4)7;1-4-3-5(2)7-6-4;1-4-2-5-3-6(4)7;1-4-2-3-5-6(4)7;1-3-4-2-5-6-3;1-2-3-6-7(5)4-2/h3H,1-2H3,(H,6,8);3H,1-2H3;2,6H,3H2,1H3;3H,1-2H3;2*2-3,7H,1H3;2H,1H3,(H,4,5,6);1H3,(H,3,4). The van der Waals surface area contributed by atoms with Gasteiger partial charge in [0.05, 0.1) is 41.7 Å². The van der Waals surface area contributed by atoms with Gasteiger partial charge in [0.2, 0.25) is 0 Å². The molecule has 8 heterocycles. The average molecular weight is 819 g/mol. The maximum Gasteiger partial charge on any atom is 0.309 e. The van der Waals surface area contributed by atoms with Crippen molar-refractivity contribution in [3.63, 3.8) is 0 Å². The predicted octanol–water partition coefficient (Wildman–Crippen LogP) is 3.62. The van der Waals surface area contributed by atoms with Crippen LogP contribution < -0.4 is 16.4 Å². The Morgan fingerprint density at radius 1 is 0.929 bits per heavy atom. The van der Waals surface area contributed by atoms with Crippen molar-refractivity contribution in [3.05, 3.63) is 116 Å². The van der Waals surface area contributed by atoms with E-state index in [9.17, 15) is 13.8 Å². The first-order valence-electron chi connectivity index (χ1n) is 16.4. The number of hydroxylamine groups is 1. The molecule has 0 saturated heterocycles. The summed E-state index contributed by atoms with van der Waals surface area (Å²) in [5, 5.41) is 35.9. The lowest BCUT2D eigenvalue weighted by molar-refractivity contribution is -0.113. The van der Waals surface area contributed by atoms with Gasteiger partial charge in [0.15, 0.2) is 5.78 Å². The smallest absolute Gasteiger partial charge is 0.309 e. The highest BCUT2D eigenvalue weighted by atomic mass is 32.2. The van der Waals surface area contributed by atoms with Crippen LogP contribution in [-0.2, 0) is 27.4 Å². The Hall–Kier alpha value is -6.20. The van der Waals surface area contributed by atoms with Crippen molar-refractivity contribution in [2.24, 2.45) is 11.4 Å². The molecular formula is C33H50N14O7S2. The minimum absolute atomic E-state index is 0.0370. The Bertz CT molecular complexity index is 1980. The van der Waals surface area contributed by atoms with Crippen molar-refractivity contribution in [1.29, 1.82) is 0 Å². The third-order valence-corrected chi connectivity index (χ3v) is 7.71. The van der Waals surface area contributed by atoms with Crippen molar-refractivity contribution >= 4 is 34.4 Å². The Labute approximate surface area is 330 Å². The predicted molar refractivity (Wildman–Crippen MR) is 210 cm³/mol. The van der Waals surface area contributed by atoms with E-state index >= 15 is 0 Å². The second-order valence-corrected chi connectivity index (χ2v) is 13.3. The number of rotatable bonds is 0. The summed E-state index contributed by atoms with van der Waals surface area (Å²) in [4.78, 5) is 30.4. The number of aromatic amines is 2. The van der Waals surface area contributed by atoms with Crippen LogP contribution in [0.3, 0.4) is 0 Å². The zero-order chi connectivity index (χ0) is 42.2. The van der Waals surface area contributed by atoms with Gasteiger partial charge in [0.25, 0.3) is 5.56 Å². The Morgan fingerprint density at radius 3 is 1.79 bits per heavy atom. The van der Waals surface area contributed by atoms with Crippen LogP contribution in [-0.4, -0.2) is 86.9 Å². The number of aromatic nitrogens is 11. The highest BCUT2D eigenvalue weighted by Gasteiger charge is 2.07. The van der Waals surface area contributed by atoms with Gasteiger partial charge < -0.3 is 20.3 Å². The van der Waals surface area contributed by atoms with Crippen molar-refractivity contribution in [2.75, 3.05) is 6.54 Å². The summed E-state index contributed by atoms with van der Waals surface area (Å²) in [7, 11) is 1.80. The molecule has 6 N–H and O–H groups in total. The number of amidine groups is 1. The van der Waals surface area contributed by atoms with Gasteiger partial charge >= 0.3 is 11.3 Å². The molecule has 6 aromatic rings. The number of hydrogen-bond donors (Lipinski definition) is 6. The summed E-state index contributed by atoms with van der Waals surface area (Å²) in [6, 6.07) is 7.24. The SMILES string of the molecule is CC1=CNCC1=O.CC1=NS(=O)ON1.Cc1cc(=O)[nH]n1C.Cc1cc(C)on1.Cc1cc(C)sn1.Cc1ccnn1O.Cc1cncn1O.Cc1ncn[nH]1. The van der Waals surface area contributed by atoms with Gasteiger partial charge in [0.1, 0.15) is 30.1 Å². The summed E-state index contributed by atoms with van der Waals surface area (Å²) < 4.78 is 29.2. The molecule has 0 saturated carbocycles. The van der Waals surface area contributed by atoms with Gasteiger partial charge in [-0.25, -0.2) is 19.7 Å². The molecule has 0 radical (unpaired) electrons. The molecule has 1 atom stereocenters. The second kappa shape index (κ2) is 25.8. The molecule has 1 unspecified atom stereocenters. The van der Waals surface area contributed by atoms with Crippen LogP contribution in [0.25, 0.3) is 0 Å². The molecule has 0 spiro atoms. The molecule has 0 aromatic carbocycles. The van der Waals surface area contributed by atoms with Gasteiger partial charge in [-0.05, 0) is 92.9 Å². The minimum Gasteiger partial charge on any atom is -0.427 e. The number of hydrogen-bond acceptors (Lipinski definition) is 16. The summed E-state index contributed by atoms with van der Waals surface area (Å²) >= 11 is 0.0783. The molecule has 6 aromatic heterocycles. The van der Waals surface area contributed by atoms with Crippen LogP contribution in [0.5, 0.6) is 0 Å². The van der Waals surface area contributed by atoms with E-state index in [1.165, 1.54) is 23.7 Å². The van der Waals surface area contributed by atoms with E-state index in [4.69, 9.17) is 14.9 Å². The number of H-pyrrole nitrogens is 2. The fraction of sp³-hybridized carbons (Fsp3) is 0.364. The van der Waals surface area contributed by atoms with Crippen molar-refractivity contribution < 1.29 is 28.2 Å². The maximum absolute atomic E-state index is 10.4. The first-order valence-corrected chi connectivity index (χ1v) is 18.2. The molecule has 0 aliphatic carbocycles. The van der Waals surface area contributed by atoms with E-state index in [1.54, 1.807) is 68.6 Å². The number of ketones is 1. The zero-order valence-electron chi connectivity index (χ0n) is 33.1. The third-order valence-electron chi connectivity index (χ3n) is 6.27.